The molecule has 0 aliphatic carbocycles. The van der Waals surface area contributed by atoms with E-state index in [4.69, 9.17) is 14.0 Å². The Kier molecular flexibility index (Phi) is 4.71. The van der Waals surface area contributed by atoms with Gasteiger partial charge in [0.2, 0.25) is 18.6 Å². The van der Waals surface area contributed by atoms with Crippen LogP contribution in [0.15, 0.2) is 22.7 Å². The zero-order valence-corrected chi connectivity index (χ0v) is 13.7. The Bertz CT molecular complexity index is 704. The number of fused-ring (bicyclic) bond motifs is 1. The lowest BCUT2D eigenvalue weighted by Crippen LogP contribution is -2.24. The van der Waals surface area contributed by atoms with Gasteiger partial charge in [-0.05, 0) is 31.5 Å². The molecule has 122 valence electrons. The van der Waals surface area contributed by atoms with Gasteiger partial charge in [0.05, 0.1) is 11.0 Å². The number of thioether (sulfide) groups is 1. The summed E-state index contributed by atoms with van der Waals surface area (Å²) >= 11 is 1.45. The Hall–Kier alpha value is -2.22. The third kappa shape index (κ3) is 3.95. The molecule has 0 saturated carbocycles. The van der Waals surface area contributed by atoms with Crippen LogP contribution in [0.3, 0.4) is 0 Å². The van der Waals surface area contributed by atoms with Crippen LogP contribution < -0.4 is 14.8 Å². The number of aryl methyl sites for hydroxylation is 1. The number of rotatable bonds is 6. The lowest BCUT2D eigenvalue weighted by atomic mass is 10.2. The normalized spacial score (nSPS) is 13.8. The number of amides is 1. The molecule has 1 amide bonds. The zero-order chi connectivity index (χ0) is 16.2. The number of hydrogen-bond acceptors (Lipinski definition) is 7. The van der Waals surface area contributed by atoms with Crippen molar-refractivity contribution in [2.75, 3.05) is 12.5 Å². The number of ether oxygens (including phenoxy) is 2. The molecular weight excluding hydrogens is 318 g/mol. The number of carbonyl (C=O) groups excluding carboxylic acids is 1. The van der Waals surface area contributed by atoms with Gasteiger partial charge in [-0.3, -0.25) is 4.79 Å². The third-order valence-corrected chi connectivity index (χ3v) is 4.41. The van der Waals surface area contributed by atoms with Gasteiger partial charge in [0, 0.05) is 6.54 Å². The van der Waals surface area contributed by atoms with E-state index >= 15 is 0 Å². The van der Waals surface area contributed by atoms with Gasteiger partial charge in [0.1, 0.15) is 0 Å². The topological polar surface area (TPSA) is 86.5 Å². The van der Waals surface area contributed by atoms with Crippen molar-refractivity contribution in [1.82, 2.24) is 15.5 Å². The number of nitrogens with zero attached hydrogens (tertiary/aromatic N) is 2. The van der Waals surface area contributed by atoms with Crippen molar-refractivity contribution in [2.45, 2.75) is 25.6 Å². The van der Waals surface area contributed by atoms with E-state index in [1.165, 1.54) is 11.8 Å². The van der Waals surface area contributed by atoms with E-state index in [1.807, 2.05) is 25.1 Å². The standard InChI is InChI=1S/C15H17N3O4S/c1-9(15-17-10(2)18-22-15)23-7-14(19)16-6-11-3-4-12-13(5-11)21-8-20-12/h3-5,9H,6-8H2,1-2H3,(H,16,19)/t9-/m0/s1. The minimum Gasteiger partial charge on any atom is -0.454 e. The Balaban J connectivity index is 1.44. The van der Waals surface area contributed by atoms with E-state index in [0.717, 1.165) is 11.3 Å². The average molecular weight is 335 g/mol. The lowest BCUT2D eigenvalue weighted by molar-refractivity contribution is -0.118. The number of benzene rings is 1. The number of nitrogens with one attached hydrogen (secondary N) is 1. The first-order valence-corrected chi connectivity index (χ1v) is 8.24. The van der Waals surface area contributed by atoms with E-state index in [1.54, 1.807) is 6.92 Å². The highest BCUT2D eigenvalue weighted by atomic mass is 32.2. The molecule has 0 bridgehead atoms. The van der Waals surface area contributed by atoms with Crippen molar-refractivity contribution in [3.63, 3.8) is 0 Å². The van der Waals surface area contributed by atoms with Crippen molar-refractivity contribution >= 4 is 17.7 Å². The molecule has 8 heteroatoms. The smallest absolute Gasteiger partial charge is 0.239 e. The van der Waals surface area contributed by atoms with Crippen molar-refractivity contribution < 1.29 is 18.8 Å². The molecule has 0 fully saturated rings. The maximum absolute atomic E-state index is 11.9. The van der Waals surface area contributed by atoms with Gasteiger partial charge < -0.3 is 19.3 Å². The summed E-state index contributed by atoms with van der Waals surface area (Å²) < 4.78 is 15.7. The molecule has 7 nitrogen and oxygen atoms in total. The molecule has 0 unspecified atom stereocenters. The molecule has 0 saturated heterocycles. The molecule has 2 heterocycles. The van der Waals surface area contributed by atoms with Crippen molar-refractivity contribution in [1.29, 1.82) is 0 Å². The first kappa shape index (κ1) is 15.7. The van der Waals surface area contributed by atoms with Crippen LogP contribution in [-0.2, 0) is 11.3 Å². The van der Waals surface area contributed by atoms with E-state index in [-0.39, 0.29) is 18.0 Å². The van der Waals surface area contributed by atoms with Crippen molar-refractivity contribution in [3.05, 3.63) is 35.5 Å². The molecule has 1 N–H and O–H groups in total. The van der Waals surface area contributed by atoms with Crippen LogP contribution >= 0.6 is 11.8 Å². The second-order valence-corrected chi connectivity index (χ2v) is 6.43. The van der Waals surface area contributed by atoms with Crippen LogP contribution in [0.4, 0.5) is 0 Å². The number of aromatic nitrogens is 2. The third-order valence-electron chi connectivity index (χ3n) is 3.28. The summed E-state index contributed by atoms with van der Waals surface area (Å²) in [5.41, 5.74) is 0.966. The van der Waals surface area contributed by atoms with Crippen LogP contribution in [0, 0.1) is 6.92 Å². The molecule has 1 aliphatic rings. The lowest BCUT2D eigenvalue weighted by Gasteiger charge is -2.08. The SMILES string of the molecule is Cc1noc([C@H](C)SCC(=O)NCc2ccc3c(c2)OCO3)n1. The van der Waals surface area contributed by atoms with E-state index in [0.29, 0.717) is 29.8 Å². The maximum atomic E-state index is 11.9. The van der Waals surface area contributed by atoms with Gasteiger partial charge in [-0.2, -0.15) is 4.98 Å². The Morgan fingerprint density at radius 2 is 2.22 bits per heavy atom. The highest BCUT2D eigenvalue weighted by molar-refractivity contribution is 8.00. The summed E-state index contributed by atoms with van der Waals surface area (Å²) in [6, 6.07) is 5.63. The van der Waals surface area contributed by atoms with Crippen LogP contribution in [-0.4, -0.2) is 28.6 Å². The van der Waals surface area contributed by atoms with Gasteiger partial charge in [0.25, 0.3) is 0 Å². The van der Waals surface area contributed by atoms with Crippen LogP contribution in [0.5, 0.6) is 11.5 Å². The average Bonchev–Trinajstić information content (AvgIpc) is 3.18. The molecule has 23 heavy (non-hydrogen) atoms. The largest absolute Gasteiger partial charge is 0.454 e. The Morgan fingerprint density at radius 3 is 3.00 bits per heavy atom. The van der Waals surface area contributed by atoms with Gasteiger partial charge in [-0.1, -0.05) is 11.2 Å². The van der Waals surface area contributed by atoms with E-state index in [9.17, 15) is 4.79 Å². The summed E-state index contributed by atoms with van der Waals surface area (Å²) in [4.78, 5) is 16.1. The predicted molar refractivity (Wildman–Crippen MR) is 84.3 cm³/mol. The maximum Gasteiger partial charge on any atom is 0.239 e. The molecule has 1 aromatic carbocycles. The van der Waals surface area contributed by atoms with Gasteiger partial charge in [0.15, 0.2) is 17.3 Å². The first-order valence-electron chi connectivity index (χ1n) is 7.19. The van der Waals surface area contributed by atoms with Crippen molar-refractivity contribution in [2.24, 2.45) is 0 Å². The van der Waals surface area contributed by atoms with Crippen LogP contribution in [0.25, 0.3) is 0 Å². The summed E-state index contributed by atoms with van der Waals surface area (Å²) in [7, 11) is 0. The molecule has 0 spiro atoms. The Morgan fingerprint density at radius 1 is 1.39 bits per heavy atom. The van der Waals surface area contributed by atoms with Crippen molar-refractivity contribution in [3.8, 4) is 11.5 Å². The zero-order valence-electron chi connectivity index (χ0n) is 12.9. The fourth-order valence-corrected chi connectivity index (χ4v) is 2.79. The van der Waals surface area contributed by atoms with Gasteiger partial charge in [-0.25, -0.2) is 0 Å². The second-order valence-electron chi connectivity index (χ2n) is 5.10. The molecular formula is C15H17N3O4S. The van der Waals surface area contributed by atoms with E-state index < -0.39 is 0 Å². The molecule has 2 aromatic rings. The Labute approximate surface area is 137 Å². The fourth-order valence-electron chi connectivity index (χ4n) is 2.05. The molecule has 3 rings (SSSR count). The molecule has 1 aliphatic heterocycles. The second kappa shape index (κ2) is 6.91. The predicted octanol–water partition coefficient (Wildman–Crippen LogP) is 2.22. The minimum atomic E-state index is -0.0456. The first-order chi connectivity index (χ1) is 11.1. The monoisotopic (exact) mass is 335 g/mol. The minimum absolute atomic E-state index is 0.0208. The van der Waals surface area contributed by atoms with Crippen LogP contribution in [0.2, 0.25) is 0 Å². The van der Waals surface area contributed by atoms with E-state index in [2.05, 4.69) is 15.5 Å². The highest BCUT2D eigenvalue weighted by Gasteiger charge is 2.16. The van der Waals surface area contributed by atoms with Gasteiger partial charge >= 0.3 is 0 Å². The molecule has 0 radical (unpaired) electrons. The number of carbonyl (C=O) groups is 1. The summed E-state index contributed by atoms with van der Waals surface area (Å²) in [6.45, 7) is 4.39. The molecule has 1 atom stereocenters. The highest BCUT2D eigenvalue weighted by Crippen LogP contribution is 2.32. The fraction of sp³-hybridized carbons (Fsp3) is 0.400. The van der Waals surface area contributed by atoms with Crippen LogP contribution in [0.1, 0.15) is 29.5 Å². The summed E-state index contributed by atoms with van der Waals surface area (Å²) in [5, 5.41) is 6.61. The molecule has 1 aromatic heterocycles. The summed E-state index contributed by atoms with van der Waals surface area (Å²) in [6.07, 6.45) is 0. The quantitative estimate of drug-likeness (QED) is 0.866. The number of hydrogen-bond donors (Lipinski definition) is 1. The van der Waals surface area contributed by atoms with Gasteiger partial charge in [-0.15, -0.1) is 11.8 Å². The summed E-state index contributed by atoms with van der Waals surface area (Å²) in [5.74, 6) is 2.87.